The summed E-state index contributed by atoms with van der Waals surface area (Å²) in [4.78, 5) is 0.357. The van der Waals surface area contributed by atoms with E-state index in [9.17, 15) is 8.42 Å². The van der Waals surface area contributed by atoms with Crippen LogP contribution >= 0.6 is 12.4 Å². The molecule has 1 unspecified atom stereocenters. The van der Waals surface area contributed by atoms with Crippen molar-refractivity contribution < 1.29 is 8.42 Å². The van der Waals surface area contributed by atoms with Crippen molar-refractivity contribution >= 4 is 22.4 Å². The van der Waals surface area contributed by atoms with Gasteiger partial charge < -0.3 is 5.73 Å². The Bertz CT molecular complexity index is 640. The Labute approximate surface area is 139 Å². The maximum absolute atomic E-state index is 13.0. The number of piperidine rings is 1. The second-order valence-corrected chi connectivity index (χ2v) is 8.41. The van der Waals surface area contributed by atoms with E-state index in [4.69, 9.17) is 5.73 Å². The summed E-state index contributed by atoms with van der Waals surface area (Å²) in [5, 5.41) is 4.33. The van der Waals surface area contributed by atoms with E-state index in [0.717, 1.165) is 0 Å². The number of hydrogen-bond acceptors (Lipinski definition) is 4. The Morgan fingerprint density at radius 3 is 2.41 bits per heavy atom. The Kier molecular flexibility index (Phi) is 5.71. The molecule has 22 heavy (non-hydrogen) atoms. The number of rotatable bonds is 3. The number of nitrogens with zero attached hydrogens (tertiary/aromatic N) is 3. The van der Waals surface area contributed by atoms with E-state index in [0.29, 0.717) is 42.3 Å². The number of aryl methyl sites for hydroxylation is 2. The molecule has 1 fully saturated rings. The van der Waals surface area contributed by atoms with Crippen molar-refractivity contribution in [3.63, 3.8) is 0 Å². The molecular weight excluding hydrogens is 324 g/mol. The second-order valence-electron chi connectivity index (χ2n) is 6.54. The lowest BCUT2D eigenvalue weighted by Crippen LogP contribution is -2.53. The van der Waals surface area contributed by atoms with E-state index >= 15 is 0 Å². The summed E-state index contributed by atoms with van der Waals surface area (Å²) in [7, 11) is -3.51. The lowest BCUT2D eigenvalue weighted by Gasteiger charge is -2.41. The molecule has 0 bridgehead atoms. The fraction of sp³-hybridized carbons (Fsp3) is 0.786. The van der Waals surface area contributed by atoms with Crippen molar-refractivity contribution in [2.24, 2.45) is 11.1 Å². The zero-order valence-corrected chi connectivity index (χ0v) is 15.6. The molecule has 1 aliphatic rings. The van der Waals surface area contributed by atoms with Gasteiger partial charge >= 0.3 is 0 Å². The Morgan fingerprint density at radius 2 is 1.95 bits per heavy atom. The summed E-state index contributed by atoms with van der Waals surface area (Å²) < 4.78 is 29.3. The smallest absolute Gasteiger partial charge is 0.246 e. The van der Waals surface area contributed by atoms with Crippen molar-refractivity contribution in [1.82, 2.24) is 14.1 Å². The van der Waals surface area contributed by atoms with Gasteiger partial charge in [0.25, 0.3) is 0 Å². The average Bonchev–Trinajstić information content (AvgIpc) is 2.67. The summed E-state index contributed by atoms with van der Waals surface area (Å²) in [5.41, 5.74) is 7.17. The molecule has 1 aromatic heterocycles. The van der Waals surface area contributed by atoms with Crippen LogP contribution in [0.3, 0.4) is 0 Å². The van der Waals surface area contributed by atoms with Crippen LogP contribution in [0.2, 0.25) is 0 Å². The van der Waals surface area contributed by atoms with Crippen LogP contribution in [-0.4, -0.2) is 41.6 Å². The molecule has 0 spiro atoms. The number of aromatic nitrogens is 2. The van der Waals surface area contributed by atoms with Crippen LogP contribution in [0.1, 0.15) is 38.6 Å². The summed E-state index contributed by atoms with van der Waals surface area (Å²) >= 11 is 0. The molecule has 1 saturated heterocycles. The fourth-order valence-electron chi connectivity index (χ4n) is 3.02. The van der Waals surface area contributed by atoms with E-state index in [2.05, 4.69) is 5.10 Å². The summed E-state index contributed by atoms with van der Waals surface area (Å²) in [6.07, 6.45) is 0.687. The summed E-state index contributed by atoms with van der Waals surface area (Å²) in [6.45, 7) is 11.2. The molecule has 0 radical (unpaired) electrons. The molecule has 1 aliphatic heterocycles. The summed E-state index contributed by atoms with van der Waals surface area (Å²) in [5.74, 6) is 0. The highest BCUT2D eigenvalue weighted by Gasteiger charge is 2.40. The van der Waals surface area contributed by atoms with Crippen molar-refractivity contribution in [3.05, 3.63) is 11.4 Å². The molecule has 1 aromatic rings. The van der Waals surface area contributed by atoms with Crippen LogP contribution in [0, 0.1) is 19.3 Å². The maximum atomic E-state index is 13.0. The van der Waals surface area contributed by atoms with Crippen LogP contribution in [-0.2, 0) is 16.6 Å². The number of sulfonamides is 1. The van der Waals surface area contributed by atoms with Gasteiger partial charge in [0.05, 0.1) is 11.4 Å². The molecule has 8 heteroatoms. The van der Waals surface area contributed by atoms with E-state index in [1.54, 1.807) is 15.9 Å². The van der Waals surface area contributed by atoms with Gasteiger partial charge in [-0.15, -0.1) is 12.4 Å². The molecule has 0 aliphatic carbocycles. The fourth-order valence-corrected chi connectivity index (χ4v) is 5.02. The monoisotopic (exact) mass is 350 g/mol. The normalized spacial score (nSPS) is 22.4. The van der Waals surface area contributed by atoms with Crippen LogP contribution in [0.25, 0.3) is 0 Å². The lowest BCUT2D eigenvalue weighted by molar-refractivity contribution is 0.155. The van der Waals surface area contributed by atoms with Gasteiger partial charge in [-0.3, -0.25) is 4.68 Å². The first-order chi connectivity index (χ1) is 9.61. The third kappa shape index (κ3) is 3.18. The van der Waals surface area contributed by atoms with Crippen molar-refractivity contribution in [1.29, 1.82) is 0 Å². The van der Waals surface area contributed by atoms with Crippen LogP contribution in [0.5, 0.6) is 0 Å². The molecular formula is C14H27ClN4O2S. The number of halogens is 1. The van der Waals surface area contributed by atoms with Gasteiger partial charge in [-0.05, 0) is 32.6 Å². The molecule has 128 valence electrons. The molecule has 1 atom stereocenters. The molecule has 6 nitrogen and oxygen atoms in total. The van der Waals surface area contributed by atoms with E-state index in [1.165, 1.54) is 0 Å². The minimum absolute atomic E-state index is 0. The molecule has 2 N–H and O–H groups in total. The van der Waals surface area contributed by atoms with Crippen molar-refractivity contribution in [2.75, 3.05) is 13.1 Å². The Morgan fingerprint density at radius 1 is 1.36 bits per heavy atom. The van der Waals surface area contributed by atoms with Gasteiger partial charge in [-0.2, -0.15) is 9.40 Å². The van der Waals surface area contributed by atoms with Gasteiger partial charge in [0.15, 0.2) is 0 Å². The summed E-state index contributed by atoms with van der Waals surface area (Å²) in [6, 6.07) is 0.0320. The Balaban J connectivity index is 0.00000242. The first-order valence-corrected chi connectivity index (χ1v) is 8.85. The molecule has 2 rings (SSSR count). The molecule has 0 aromatic carbocycles. The van der Waals surface area contributed by atoms with Gasteiger partial charge in [0, 0.05) is 25.7 Å². The highest BCUT2D eigenvalue weighted by Crippen LogP contribution is 2.32. The largest absolute Gasteiger partial charge is 0.327 e. The first kappa shape index (κ1) is 19.4. The van der Waals surface area contributed by atoms with Crippen LogP contribution in [0.4, 0.5) is 0 Å². The topological polar surface area (TPSA) is 81.2 Å². The van der Waals surface area contributed by atoms with E-state index < -0.39 is 10.0 Å². The highest BCUT2D eigenvalue weighted by atomic mass is 35.5. The van der Waals surface area contributed by atoms with Crippen molar-refractivity contribution in [2.45, 2.75) is 58.5 Å². The minimum Gasteiger partial charge on any atom is -0.327 e. The Hall–Kier alpha value is -0.630. The van der Waals surface area contributed by atoms with E-state index in [1.807, 2.05) is 27.7 Å². The zero-order chi connectivity index (χ0) is 16.0. The maximum Gasteiger partial charge on any atom is 0.246 e. The lowest BCUT2D eigenvalue weighted by atomic mass is 9.81. The SMILES string of the molecule is CCn1nc(C)c(S(=O)(=O)N2CCC(N)C(C)(C)C2)c1C.Cl. The van der Waals surface area contributed by atoms with Gasteiger partial charge in [0.1, 0.15) is 4.90 Å². The first-order valence-electron chi connectivity index (χ1n) is 7.41. The average molecular weight is 351 g/mol. The van der Waals surface area contributed by atoms with Gasteiger partial charge in [-0.25, -0.2) is 8.42 Å². The number of hydrogen-bond donors (Lipinski definition) is 1. The van der Waals surface area contributed by atoms with Crippen molar-refractivity contribution in [3.8, 4) is 0 Å². The number of nitrogens with two attached hydrogens (primary N) is 1. The minimum atomic E-state index is -3.51. The van der Waals surface area contributed by atoms with Crippen LogP contribution in [0.15, 0.2) is 4.90 Å². The van der Waals surface area contributed by atoms with Gasteiger partial charge in [-0.1, -0.05) is 13.8 Å². The second kappa shape index (κ2) is 6.47. The predicted octanol–water partition coefficient (Wildman–Crippen LogP) is 1.69. The molecule has 0 saturated carbocycles. The third-order valence-corrected chi connectivity index (χ3v) is 6.59. The standard InChI is InChI=1S/C14H26N4O2S.ClH/c1-6-18-11(3)13(10(2)16-18)21(19,20)17-8-7-12(15)14(4,5)9-17;/h12H,6-9,15H2,1-5H3;1H. The molecule has 2 heterocycles. The van der Waals surface area contributed by atoms with E-state index in [-0.39, 0.29) is 23.9 Å². The highest BCUT2D eigenvalue weighted by molar-refractivity contribution is 7.89. The zero-order valence-electron chi connectivity index (χ0n) is 14.0. The van der Waals surface area contributed by atoms with Gasteiger partial charge in [0.2, 0.25) is 10.0 Å². The molecule has 0 amide bonds. The predicted molar refractivity (Wildman–Crippen MR) is 89.8 cm³/mol. The third-order valence-electron chi connectivity index (χ3n) is 4.49. The van der Waals surface area contributed by atoms with Crippen LogP contribution < -0.4 is 5.73 Å². The quantitative estimate of drug-likeness (QED) is 0.899.